The zero-order chi connectivity index (χ0) is 7.84. The molecule has 0 amide bonds. The van der Waals surface area contributed by atoms with E-state index < -0.39 is 0 Å². The van der Waals surface area contributed by atoms with Gasteiger partial charge in [0.05, 0.1) is 0 Å². The smallest absolute Gasteiger partial charge is 0.113 e. The minimum absolute atomic E-state index is 0.314. The van der Waals surface area contributed by atoms with Crippen molar-refractivity contribution in [3.05, 3.63) is 29.8 Å². The summed E-state index contributed by atoms with van der Waals surface area (Å²) < 4.78 is 2.08. The quantitative estimate of drug-likeness (QED) is 0.260. The highest BCUT2D eigenvalue weighted by atomic mass is 127. The lowest BCUT2D eigenvalue weighted by Gasteiger charge is -2.09. The SMILES string of the molecule is NN1Sc2ccccc2C1I. The fourth-order valence-electron chi connectivity index (χ4n) is 1.06. The molecule has 0 bridgehead atoms. The Bertz CT molecular complexity index is 279. The van der Waals surface area contributed by atoms with E-state index in [1.165, 1.54) is 10.5 Å². The molecule has 4 heteroatoms. The molecule has 2 N–H and O–H groups in total. The van der Waals surface area contributed by atoms with Crippen LogP contribution in [0, 0.1) is 0 Å². The number of hydrogen-bond acceptors (Lipinski definition) is 3. The first-order valence-electron chi connectivity index (χ1n) is 3.24. The third kappa shape index (κ3) is 1.28. The number of hydrazine groups is 1. The molecule has 0 spiro atoms. The lowest BCUT2D eigenvalue weighted by atomic mass is 10.2. The van der Waals surface area contributed by atoms with Gasteiger partial charge in [-0.15, -0.1) is 0 Å². The van der Waals surface area contributed by atoms with Crippen molar-refractivity contribution in [2.24, 2.45) is 5.84 Å². The highest BCUT2D eigenvalue weighted by molar-refractivity contribution is 14.1. The second kappa shape index (κ2) is 2.93. The molecule has 0 fully saturated rings. The van der Waals surface area contributed by atoms with Crippen molar-refractivity contribution in [1.29, 1.82) is 0 Å². The molecule has 1 heterocycles. The fourth-order valence-corrected chi connectivity index (χ4v) is 3.01. The average Bonchev–Trinajstić information content (AvgIpc) is 2.30. The molecule has 0 saturated heterocycles. The summed E-state index contributed by atoms with van der Waals surface area (Å²) in [6.45, 7) is 0. The molecular weight excluding hydrogens is 271 g/mol. The number of hydrogen-bond donors (Lipinski definition) is 1. The summed E-state index contributed by atoms with van der Waals surface area (Å²) in [4.78, 5) is 1.27. The van der Waals surface area contributed by atoms with Gasteiger partial charge in [0.1, 0.15) is 4.05 Å². The van der Waals surface area contributed by atoms with Crippen molar-refractivity contribution in [1.82, 2.24) is 4.41 Å². The maximum absolute atomic E-state index is 5.72. The number of alkyl halides is 1. The van der Waals surface area contributed by atoms with Crippen LogP contribution in [0.1, 0.15) is 9.61 Å². The van der Waals surface area contributed by atoms with Crippen molar-refractivity contribution in [3.63, 3.8) is 0 Å². The van der Waals surface area contributed by atoms with Gasteiger partial charge in [-0.25, -0.2) is 0 Å². The van der Waals surface area contributed by atoms with E-state index in [0.717, 1.165) is 0 Å². The third-order valence-electron chi connectivity index (χ3n) is 1.60. The van der Waals surface area contributed by atoms with Crippen LogP contribution >= 0.6 is 34.5 Å². The molecule has 1 atom stereocenters. The van der Waals surface area contributed by atoms with Gasteiger partial charge in [0.25, 0.3) is 0 Å². The van der Waals surface area contributed by atoms with E-state index in [0.29, 0.717) is 4.05 Å². The molecule has 2 rings (SSSR count). The summed E-state index contributed by atoms with van der Waals surface area (Å²) in [6.07, 6.45) is 0. The van der Waals surface area contributed by atoms with E-state index in [1.54, 1.807) is 16.4 Å². The highest BCUT2D eigenvalue weighted by Crippen LogP contribution is 2.44. The van der Waals surface area contributed by atoms with Gasteiger partial charge in [0.15, 0.2) is 0 Å². The maximum atomic E-state index is 5.72. The summed E-state index contributed by atoms with van der Waals surface area (Å²) in [6, 6.07) is 8.30. The summed E-state index contributed by atoms with van der Waals surface area (Å²) in [7, 11) is 0. The van der Waals surface area contributed by atoms with Gasteiger partial charge in [-0.3, -0.25) is 5.84 Å². The summed E-state index contributed by atoms with van der Waals surface area (Å²) in [5, 5.41) is 0. The fraction of sp³-hybridized carbons (Fsp3) is 0.143. The summed E-state index contributed by atoms with van der Waals surface area (Å²) in [5.41, 5.74) is 1.32. The van der Waals surface area contributed by atoms with Crippen LogP contribution in [0.4, 0.5) is 0 Å². The molecule has 11 heavy (non-hydrogen) atoms. The van der Waals surface area contributed by atoms with Gasteiger partial charge >= 0.3 is 0 Å². The van der Waals surface area contributed by atoms with Crippen molar-refractivity contribution in [2.45, 2.75) is 8.94 Å². The number of rotatable bonds is 0. The average molecular weight is 278 g/mol. The van der Waals surface area contributed by atoms with Crippen molar-refractivity contribution < 1.29 is 0 Å². The Labute approximate surface area is 83.4 Å². The second-order valence-corrected chi connectivity index (χ2v) is 4.55. The van der Waals surface area contributed by atoms with Crippen LogP contribution in [0.15, 0.2) is 29.2 Å². The molecule has 1 unspecified atom stereocenters. The number of fused-ring (bicyclic) bond motifs is 1. The lowest BCUT2D eigenvalue weighted by molar-refractivity contribution is 0.513. The number of benzene rings is 1. The number of halogens is 1. The number of nitrogens with zero attached hydrogens (tertiary/aromatic N) is 1. The number of nitrogens with two attached hydrogens (primary N) is 1. The van der Waals surface area contributed by atoms with Crippen LogP contribution < -0.4 is 5.84 Å². The Morgan fingerprint density at radius 3 is 2.91 bits per heavy atom. The molecule has 0 aromatic heterocycles. The van der Waals surface area contributed by atoms with Gasteiger partial charge in [-0.2, -0.15) is 4.41 Å². The van der Waals surface area contributed by atoms with Gasteiger partial charge in [-0.05, 0) is 23.6 Å². The van der Waals surface area contributed by atoms with Gasteiger partial charge < -0.3 is 0 Å². The van der Waals surface area contributed by atoms with Crippen LogP contribution in [-0.2, 0) is 0 Å². The minimum atomic E-state index is 0.314. The van der Waals surface area contributed by atoms with E-state index in [4.69, 9.17) is 5.84 Å². The summed E-state index contributed by atoms with van der Waals surface area (Å²) in [5.74, 6) is 5.72. The van der Waals surface area contributed by atoms with Gasteiger partial charge in [-0.1, -0.05) is 40.8 Å². The zero-order valence-electron chi connectivity index (χ0n) is 5.70. The predicted octanol–water partition coefficient (Wildman–Crippen LogP) is 2.32. The summed E-state index contributed by atoms with van der Waals surface area (Å²) >= 11 is 3.93. The third-order valence-corrected chi connectivity index (χ3v) is 4.24. The van der Waals surface area contributed by atoms with Crippen LogP contribution in [-0.4, -0.2) is 4.41 Å². The highest BCUT2D eigenvalue weighted by Gasteiger charge is 2.25. The molecule has 0 radical (unpaired) electrons. The predicted molar refractivity (Wildman–Crippen MR) is 55.1 cm³/mol. The van der Waals surface area contributed by atoms with E-state index in [2.05, 4.69) is 34.7 Å². The Kier molecular flexibility index (Phi) is 2.09. The van der Waals surface area contributed by atoms with Crippen LogP contribution in [0.2, 0.25) is 0 Å². The molecule has 2 nitrogen and oxygen atoms in total. The van der Waals surface area contributed by atoms with Crippen LogP contribution in [0.3, 0.4) is 0 Å². The van der Waals surface area contributed by atoms with E-state index in [9.17, 15) is 0 Å². The van der Waals surface area contributed by atoms with Crippen LogP contribution in [0.25, 0.3) is 0 Å². The first-order chi connectivity index (χ1) is 5.29. The lowest BCUT2D eigenvalue weighted by Crippen LogP contribution is -2.19. The first-order valence-corrected chi connectivity index (χ1v) is 5.26. The van der Waals surface area contributed by atoms with Crippen molar-refractivity contribution >= 4 is 34.5 Å². The Morgan fingerprint density at radius 2 is 2.18 bits per heavy atom. The molecule has 58 valence electrons. The van der Waals surface area contributed by atoms with Crippen molar-refractivity contribution in [2.75, 3.05) is 0 Å². The van der Waals surface area contributed by atoms with E-state index in [1.807, 2.05) is 12.1 Å². The molecular formula is C7H7IN2S. The Hall–Kier alpha value is 0.220. The standard InChI is InChI=1S/C7H7IN2S/c8-7-5-3-1-2-4-6(5)11-10(7)9/h1-4,7H,9H2. The molecule has 1 aromatic carbocycles. The minimum Gasteiger partial charge on any atom is -0.257 e. The van der Waals surface area contributed by atoms with Crippen LogP contribution in [0.5, 0.6) is 0 Å². The molecule has 0 aliphatic carbocycles. The molecule has 0 saturated carbocycles. The molecule has 1 aromatic rings. The van der Waals surface area contributed by atoms with Gasteiger partial charge in [0.2, 0.25) is 0 Å². The maximum Gasteiger partial charge on any atom is 0.113 e. The molecule has 1 aliphatic rings. The van der Waals surface area contributed by atoms with Gasteiger partial charge in [0, 0.05) is 4.90 Å². The Morgan fingerprint density at radius 1 is 1.45 bits per heavy atom. The van der Waals surface area contributed by atoms with E-state index in [-0.39, 0.29) is 0 Å². The monoisotopic (exact) mass is 278 g/mol. The second-order valence-electron chi connectivity index (χ2n) is 2.32. The topological polar surface area (TPSA) is 29.3 Å². The first kappa shape index (κ1) is 7.85. The zero-order valence-corrected chi connectivity index (χ0v) is 8.67. The molecule has 1 aliphatic heterocycles. The Balaban J connectivity index is 2.47. The largest absolute Gasteiger partial charge is 0.257 e. The normalized spacial score (nSPS) is 23.6. The van der Waals surface area contributed by atoms with E-state index >= 15 is 0 Å². The van der Waals surface area contributed by atoms with Crippen molar-refractivity contribution in [3.8, 4) is 0 Å².